The van der Waals surface area contributed by atoms with Gasteiger partial charge in [-0.3, -0.25) is 0 Å². The smallest absolute Gasteiger partial charge is 0.197 e. The van der Waals surface area contributed by atoms with E-state index in [9.17, 15) is 0 Å². The normalized spacial score (nSPS) is 10.9. The maximum Gasteiger partial charge on any atom is 0.197 e. The number of nitrogens with one attached hydrogen (secondary N) is 1. The molecule has 2 aromatic heterocycles. The SMILES string of the molecule is Cc1nc2nc(C)c(C)nc2[nH]1. The molecule has 0 aromatic carbocycles. The van der Waals surface area contributed by atoms with Gasteiger partial charge in [-0.2, -0.15) is 0 Å². The van der Waals surface area contributed by atoms with E-state index in [4.69, 9.17) is 0 Å². The zero-order valence-electron chi connectivity index (χ0n) is 7.34. The third-order valence-corrected chi connectivity index (χ3v) is 1.86. The van der Waals surface area contributed by atoms with Crippen LogP contribution in [0.2, 0.25) is 0 Å². The van der Waals surface area contributed by atoms with Gasteiger partial charge in [0.15, 0.2) is 11.3 Å². The van der Waals surface area contributed by atoms with Gasteiger partial charge in [-0.25, -0.2) is 15.0 Å². The molecule has 62 valence electrons. The first-order valence-corrected chi connectivity index (χ1v) is 3.84. The van der Waals surface area contributed by atoms with Gasteiger partial charge in [0.25, 0.3) is 0 Å². The lowest BCUT2D eigenvalue weighted by Crippen LogP contribution is -1.91. The monoisotopic (exact) mass is 162 g/mol. The Morgan fingerprint density at radius 2 is 1.58 bits per heavy atom. The van der Waals surface area contributed by atoms with Crippen LogP contribution in [0.15, 0.2) is 0 Å². The summed E-state index contributed by atoms with van der Waals surface area (Å²) in [6, 6.07) is 0. The fourth-order valence-electron chi connectivity index (χ4n) is 1.11. The summed E-state index contributed by atoms with van der Waals surface area (Å²) in [6.07, 6.45) is 0. The molecule has 0 unspecified atom stereocenters. The van der Waals surface area contributed by atoms with Crippen LogP contribution in [0, 0.1) is 20.8 Å². The lowest BCUT2D eigenvalue weighted by Gasteiger charge is -1.95. The van der Waals surface area contributed by atoms with Crippen LogP contribution in [0.5, 0.6) is 0 Å². The third-order valence-electron chi connectivity index (χ3n) is 1.86. The number of rotatable bonds is 0. The Morgan fingerprint density at radius 1 is 0.917 bits per heavy atom. The van der Waals surface area contributed by atoms with E-state index in [0.717, 1.165) is 22.9 Å². The molecule has 0 saturated carbocycles. The standard InChI is InChI=1S/C8H10N4/c1-4-5(2)10-8-7(9-4)11-6(3)12-8/h1-3H3,(H,9,10,11,12). The van der Waals surface area contributed by atoms with Crippen LogP contribution >= 0.6 is 0 Å². The van der Waals surface area contributed by atoms with Gasteiger partial charge in [0, 0.05) is 0 Å². The van der Waals surface area contributed by atoms with Crippen molar-refractivity contribution in [2.45, 2.75) is 20.8 Å². The molecule has 0 aliphatic carbocycles. The van der Waals surface area contributed by atoms with Crippen molar-refractivity contribution in [2.75, 3.05) is 0 Å². The largest absolute Gasteiger partial charge is 0.325 e. The molecule has 0 fully saturated rings. The van der Waals surface area contributed by atoms with Crippen molar-refractivity contribution in [1.29, 1.82) is 0 Å². The van der Waals surface area contributed by atoms with E-state index in [1.54, 1.807) is 0 Å². The highest BCUT2D eigenvalue weighted by Gasteiger charge is 2.03. The molecule has 0 bridgehead atoms. The molecule has 0 spiro atoms. The van der Waals surface area contributed by atoms with Gasteiger partial charge in [-0.15, -0.1) is 0 Å². The topological polar surface area (TPSA) is 54.5 Å². The summed E-state index contributed by atoms with van der Waals surface area (Å²) < 4.78 is 0. The molecular formula is C8H10N4. The highest BCUT2D eigenvalue weighted by molar-refractivity contribution is 5.65. The van der Waals surface area contributed by atoms with Crippen LogP contribution in [0.1, 0.15) is 17.2 Å². The summed E-state index contributed by atoms with van der Waals surface area (Å²) in [5.41, 5.74) is 3.37. The summed E-state index contributed by atoms with van der Waals surface area (Å²) in [5, 5.41) is 0. The summed E-state index contributed by atoms with van der Waals surface area (Å²) in [4.78, 5) is 15.8. The van der Waals surface area contributed by atoms with Crippen molar-refractivity contribution in [3.05, 3.63) is 17.2 Å². The van der Waals surface area contributed by atoms with E-state index in [1.165, 1.54) is 0 Å². The van der Waals surface area contributed by atoms with Crippen LogP contribution in [0.3, 0.4) is 0 Å². The van der Waals surface area contributed by atoms with E-state index >= 15 is 0 Å². The number of imidazole rings is 1. The van der Waals surface area contributed by atoms with Crippen molar-refractivity contribution in [1.82, 2.24) is 19.9 Å². The molecular weight excluding hydrogens is 152 g/mol. The van der Waals surface area contributed by atoms with Crippen LogP contribution in [0.25, 0.3) is 11.3 Å². The summed E-state index contributed by atoms with van der Waals surface area (Å²) >= 11 is 0. The molecule has 0 amide bonds. The van der Waals surface area contributed by atoms with Gasteiger partial charge < -0.3 is 4.98 Å². The zero-order chi connectivity index (χ0) is 8.72. The molecule has 4 nitrogen and oxygen atoms in total. The van der Waals surface area contributed by atoms with E-state index in [0.29, 0.717) is 5.65 Å². The fraction of sp³-hybridized carbons (Fsp3) is 0.375. The average molecular weight is 162 g/mol. The van der Waals surface area contributed by atoms with Crippen molar-refractivity contribution in [3.63, 3.8) is 0 Å². The minimum atomic E-state index is 0.704. The third kappa shape index (κ3) is 0.958. The predicted molar refractivity (Wildman–Crippen MR) is 45.9 cm³/mol. The minimum absolute atomic E-state index is 0.704. The maximum atomic E-state index is 4.32. The van der Waals surface area contributed by atoms with Gasteiger partial charge >= 0.3 is 0 Å². The number of aryl methyl sites for hydroxylation is 3. The molecule has 2 aromatic rings. The summed E-state index contributed by atoms with van der Waals surface area (Å²) in [6.45, 7) is 5.78. The Labute approximate surface area is 70.1 Å². The number of aromatic amines is 1. The number of nitrogens with zero attached hydrogens (tertiary/aromatic N) is 3. The van der Waals surface area contributed by atoms with Crippen LogP contribution < -0.4 is 0 Å². The van der Waals surface area contributed by atoms with E-state index < -0.39 is 0 Å². The first-order valence-electron chi connectivity index (χ1n) is 3.84. The van der Waals surface area contributed by atoms with Crippen LogP contribution in [-0.4, -0.2) is 19.9 Å². The molecule has 0 radical (unpaired) electrons. The van der Waals surface area contributed by atoms with E-state index in [1.807, 2.05) is 20.8 Å². The highest BCUT2D eigenvalue weighted by Crippen LogP contribution is 2.08. The van der Waals surface area contributed by atoms with Gasteiger partial charge in [0.05, 0.1) is 11.4 Å². The number of aromatic nitrogens is 4. The first kappa shape index (κ1) is 7.21. The lowest BCUT2D eigenvalue weighted by atomic mass is 10.3. The van der Waals surface area contributed by atoms with Crippen molar-refractivity contribution in [2.24, 2.45) is 0 Å². The molecule has 2 heterocycles. The Kier molecular flexibility index (Phi) is 1.36. The number of hydrogen-bond acceptors (Lipinski definition) is 3. The Morgan fingerprint density at radius 3 is 2.33 bits per heavy atom. The number of hydrogen-bond donors (Lipinski definition) is 1. The van der Waals surface area contributed by atoms with Crippen LogP contribution in [0.4, 0.5) is 0 Å². The Balaban J connectivity index is 2.83. The molecule has 0 atom stereocenters. The molecule has 0 aliphatic heterocycles. The first-order chi connectivity index (χ1) is 5.66. The summed E-state index contributed by atoms with van der Waals surface area (Å²) in [5.74, 6) is 0.856. The Bertz CT molecular complexity index is 391. The van der Waals surface area contributed by atoms with E-state index in [2.05, 4.69) is 19.9 Å². The maximum absolute atomic E-state index is 4.32. The molecule has 2 rings (SSSR count). The second kappa shape index (κ2) is 2.27. The van der Waals surface area contributed by atoms with Crippen LogP contribution in [-0.2, 0) is 0 Å². The zero-order valence-corrected chi connectivity index (χ0v) is 7.34. The lowest BCUT2D eigenvalue weighted by molar-refractivity contribution is 1.09. The molecule has 12 heavy (non-hydrogen) atoms. The van der Waals surface area contributed by atoms with E-state index in [-0.39, 0.29) is 0 Å². The van der Waals surface area contributed by atoms with Gasteiger partial charge in [0.2, 0.25) is 0 Å². The molecule has 0 saturated heterocycles. The second-order valence-corrected chi connectivity index (χ2v) is 2.89. The highest BCUT2D eigenvalue weighted by atomic mass is 15.0. The Hall–Kier alpha value is -1.45. The molecule has 4 heteroatoms. The number of fused-ring (bicyclic) bond motifs is 1. The predicted octanol–water partition coefficient (Wildman–Crippen LogP) is 1.28. The van der Waals surface area contributed by atoms with Gasteiger partial charge in [0.1, 0.15) is 5.82 Å². The number of H-pyrrole nitrogens is 1. The molecule has 1 N–H and O–H groups in total. The van der Waals surface area contributed by atoms with Crippen molar-refractivity contribution in [3.8, 4) is 0 Å². The molecule has 0 aliphatic rings. The average Bonchev–Trinajstić information content (AvgIpc) is 2.30. The minimum Gasteiger partial charge on any atom is -0.325 e. The van der Waals surface area contributed by atoms with Crippen molar-refractivity contribution < 1.29 is 0 Å². The quantitative estimate of drug-likeness (QED) is 0.634. The van der Waals surface area contributed by atoms with Gasteiger partial charge in [-0.1, -0.05) is 0 Å². The van der Waals surface area contributed by atoms with Crippen molar-refractivity contribution >= 4 is 11.3 Å². The second-order valence-electron chi connectivity index (χ2n) is 2.89. The summed E-state index contributed by atoms with van der Waals surface area (Å²) in [7, 11) is 0. The fourth-order valence-corrected chi connectivity index (χ4v) is 1.11. The van der Waals surface area contributed by atoms with Gasteiger partial charge in [-0.05, 0) is 20.8 Å².